The van der Waals surface area contributed by atoms with E-state index in [0.29, 0.717) is 12.3 Å². The number of carbonyl (C=O) groups is 1. The quantitative estimate of drug-likeness (QED) is 0.826. The van der Waals surface area contributed by atoms with Crippen LogP contribution >= 0.6 is 0 Å². The second-order valence-corrected chi connectivity index (χ2v) is 7.48. The monoisotopic (exact) mass is 366 g/mol. The molecule has 7 nitrogen and oxygen atoms in total. The van der Waals surface area contributed by atoms with Gasteiger partial charge in [-0.1, -0.05) is 6.07 Å². The number of benzene rings is 1. The van der Waals surface area contributed by atoms with Crippen LogP contribution in [0, 0.1) is 5.92 Å². The Labute approximate surface area is 157 Å². The van der Waals surface area contributed by atoms with Crippen molar-refractivity contribution >= 4 is 11.7 Å². The Kier molecular flexibility index (Phi) is 4.07. The number of piperidine rings is 1. The maximum absolute atomic E-state index is 13.1. The first-order valence-electron chi connectivity index (χ1n) is 9.45. The van der Waals surface area contributed by atoms with Crippen LogP contribution in [0.2, 0.25) is 0 Å². The van der Waals surface area contributed by atoms with Crippen molar-refractivity contribution in [2.45, 2.75) is 25.3 Å². The molecule has 0 unspecified atom stereocenters. The molecule has 6 rings (SSSR count). The van der Waals surface area contributed by atoms with Crippen molar-refractivity contribution in [3.8, 4) is 11.5 Å². The highest BCUT2D eigenvalue weighted by Crippen LogP contribution is 2.34. The van der Waals surface area contributed by atoms with Crippen molar-refractivity contribution in [1.29, 1.82) is 0 Å². The summed E-state index contributed by atoms with van der Waals surface area (Å²) in [5, 5.41) is 0. The molecule has 0 aliphatic carbocycles. The third kappa shape index (κ3) is 3.18. The molecule has 3 fully saturated rings. The van der Waals surface area contributed by atoms with Gasteiger partial charge in [-0.3, -0.25) is 9.78 Å². The zero-order chi connectivity index (χ0) is 18.2. The summed E-state index contributed by atoms with van der Waals surface area (Å²) in [7, 11) is 0. The van der Waals surface area contributed by atoms with Crippen molar-refractivity contribution in [2.24, 2.45) is 5.92 Å². The van der Waals surface area contributed by atoms with Crippen LogP contribution in [-0.4, -0.2) is 53.2 Å². The first-order valence-corrected chi connectivity index (χ1v) is 9.45. The normalized spacial score (nSPS) is 23.4. The Hall–Kier alpha value is -2.83. The van der Waals surface area contributed by atoms with E-state index in [9.17, 15) is 4.79 Å². The predicted molar refractivity (Wildman–Crippen MR) is 98.7 cm³/mol. The van der Waals surface area contributed by atoms with E-state index in [-0.39, 0.29) is 18.7 Å². The van der Waals surface area contributed by atoms with E-state index < -0.39 is 0 Å². The van der Waals surface area contributed by atoms with Crippen molar-refractivity contribution in [1.82, 2.24) is 14.9 Å². The molecule has 27 heavy (non-hydrogen) atoms. The summed E-state index contributed by atoms with van der Waals surface area (Å²) in [5.74, 6) is 3.04. The standard InChI is InChI=1S/C20H22N4O3/c25-20(8-14-2-4-17-18(7-14)27-13-26-17)24-11-15-1-3-16(24)12-23(10-15)19-9-21-5-6-22-19/h2,4-7,9,15-16H,1,3,8,10-13H2/t15-,16+/m0/s1. The lowest BCUT2D eigenvalue weighted by molar-refractivity contribution is -0.134. The molecule has 0 spiro atoms. The van der Waals surface area contributed by atoms with Crippen molar-refractivity contribution < 1.29 is 14.3 Å². The number of aromatic nitrogens is 2. The topological polar surface area (TPSA) is 67.8 Å². The van der Waals surface area contributed by atoms with Crippen LogP contribution in [0.3, 0.4) is 0 Å². The number of rotatable bonds is 3. The molecule has 1 aromatic carbocycles. The van der Waals surface area contributed by atoms with Crippen LogP contribution in [0.4, 0.5) is 5.82 Å². The Morgan fingerprint density at radius 2 is 2.04 bits per heavy atom. The van der Waals surface area contributed by atoms with Crippen LogP contribution in [0.15, 0.2) is 36.8 Å². The molecule has 5 heterocycles. The van der Waals surface area contributed by atoms with Crippen molar-refractivity contribution in [3.63, 3.8) is 0 Å². The number of hydrogen-bond acceptors (Lipinski definition) is 6. The highest BCUT2D eigenvalue weighted by atomic mass is 16.7. The van der Waals surface area contributed by atoms with Gasteiger partial charge < -0.3 is 19.3 Å². The van der Waals surface area contributed by atoms with E-state index in [0.717, 1.165) is 55.4 Å². The fraction of sp³-hybridized carbons (Fsp3) is 0.450. The lowest BCUT2D eigenvalue weighted by Gasteiger charge is -2.36. The summed E-state index contributed by atoms with van der Waals surface area (Å²) >= 11 is 0. The van der Waals surface area contributed by atoms with E-state index in [1.807, 2.05) is 24.4 Å². The summed E-state index contributed by atoms with van der Waals surface area (Å²) in [6, 6.07) is 5.98. The summed E-state index contributed by atoms with van der Waals surface area (Å²) in [4.78, 5) is 26.1. The number of anilines is 1. The average molecular weight is 366 g/mol. The lowest BCUT2D eigenvalue weighted by Crippen LogP contribution is -2.48. The number of nitrogens with zero attached hydrogens (tertiary/aromatic N) is 4. The zero-order valence-corrected chi connectivity index (χ0v) is 15.1. The molecule has 4 aliphatic heterocycles. The Bertz CT molecular complexity index is 844. The maximum atomic E-state index is 13.1. The molecule has 140 valence electrons. The number of amides is 1. The molecule has 2 atom stereocenters. The number of carbonyl (C=O) groups excluding carboxylic acids is 1. The predicted octanol–water partition coefficient (Wildman–Crippen LogP) is 1.88. The van der Waals surface area contributed by atoms with E-state index >= 15 is 0 Å². The molecule has 4 aliphatic rings. The van der Waals surface area contributed by atoms with Gasteiger partial charge >= 0.3 is 0 Å². The van der Waals surface area contributed by atoms with Gasteiger partial charge in [0.1, 0.15) is 5.82 Å². The number of fused-ring (bicyclic) bond motifs is 5. The first kappa shape index (κ1) is 16.4. The SMILES string of the molecule is O=C(Cc1ccc2c(c1)OCO2)N1C[C@H]2CC[C@@H]1CN(c1cnccn1)C2. The van der Waals surface area contributed by atoms with Crippen LogP contribution in [-0.2, 0) is 11.2 Å². The highest BCUT2D eigenvalue weighted by molar-refractivity contribution is 5.79. The molecule has 2 bridgehead atoms. The highest BCUT2D eigenvalue weighted by Gasteiger charge is 2.37. The number of hydrogen-bond donors (Lipinski definition) is 0. The Morgan fingerprint density at radius 1 is 1.11 bits per heavy atom. The molecule has 7 heteroatoms. The smallest absolute Gasteiger partial charge is 0.231 e. The van der Waals surface area contributed by atoms with Crippen LogP contribution < -0.4 is 14.4 Å². The first-order chi connectivity index (χ1) is 13.3. The van der Waals surface area contributed by atoms with E-state index in [1.165, 1.54) is 0 Å². The van der Waals surface area contributed by atoms with Crippen molar-refractivity contribution in [2.75, 3.05) is 31.3 Å². The van der Waals surface area contributed by atoms with Gasteiger partial charge in [0.15, 0.2) is 11.5 Å². The average Bonchev–Trinajstić information content (AvgIpc) is 2.97. The molecule has 0 N–H and O–H groups in total. The minimum atomic E-state index is 0.185. The van der Waals surface area contributed by atoms with E-state index in [4.69, 9.17) is 9.47 Å². The molecule has 3 saturated heterocycles. The van der Waals surface area contributed by atoms with Gasteiger partial charge in [-0.05, 0) is 36.5 Å². The summed E-state index contributed by atoms with van der Waals surface area (Å²) in [5.41, 5.74) is 0.968. The van der Waals surface area contributed by atoms with E-state index in [1.54, 1.807) is 12.4 Å². The maximum Gasteiger partial charge on any atom is 0.231 e. The van der Waals surface area contributed by atoms with Gasteiger partial charge in [0.2, 0.25) is 12.7 Å². The minimum Gasteiger partial charge on any atom is -0.454 e. The van der Waals surface area contributed by atoms with Gasteiger partial charge in [-0.25, -0.2) is 4.98 Å². The zero-order valence-electron chi connectivity index (χ0n) is 15.1. The van der Waals surface area contributed by atoms with Gasteiger partial charge in [-0.15, -0.1) is 0 Å². The van der Waals surface area contributed by atoms with Gasteiger partial charge in [0, 0.05) is 38.1 Å². The molecular formula is C20H22N4O3. The van der Waals surface area contributed by atoms with Gasteiger partial charge in [0.05, 0.1) is 12.6 Å². The second kappa shape index (κ2) is 6.72. The molecular weight excluding hydrogens is 344 g/mol. The third-order valence-corrected chi connectivity index (χ3v) is 5.70. The second-order valence-electron chi connectivity index (χ2n) is 7.48. The number of ether oxygens (including phenoxy) is 2. The molecule has 2 aromatic rings. The van der Waals surface area contributed by atoms with Crippen LogP contribution in [0.25, 0.3) is 0 Å². The summed E-state index contributed by atoms with van der Waals surface area (Å²) < 4.78 is 10.8. The Balaban J connectivity index is 1.31. The molecule has 1 amide bonds. The minimum absolute atomic E-state index is 0.185. The Morgan fingerprint density at radius 3 is 2.93 bits per heavy atom. The summed E-state index contributed by atoms with van der Waals surface area (Å²) in [6.07, 6.45) is 7.83. The summed E-state index contributed by atoms with van der Waals surface area (Å²) in [6.45, 7) is 2.83. The van der Waals surface area contributed by atoms with Crippen LogP contribution in [0.1, 0.15) is 18.4 Å². The fourth-order valence-corrected chi connectivity index (χ4v) is 4.36. The molecule has 0 saturated carbocycles. The van der Waals surface area contributed by atoms with Crippen LogP contribution in [0.5, 0.6) is 11.5 Å². The van der Waals surface area contributed by atoms with Gasteiger partial charge in [0.25, 0.3) is 0 Å². The third-order valence-electron chi connectivity index (χ3n) is 5.70. The molecule has 1 aromatic heterocycles. The molecule has 0 radical (unpaired) electrons. The van der Waals surface area contributed by atoms with Crippen molar-refractivity contribution in [3.05, 3.63) is 42.4 Å². The van der Waals surface area contributed by atoms with Gasteiger partial charge in [-0.2, -0.15) is 0 Å². The van der Waals surface area contributed by atoms with E-state index in [2.05, 4.69) is 19.8 Å². The fourth-order valence-electron chi connectivity index (χ4n) is 4.36. The largest absolute Gasteiger partial charge is 0.454 e. The lowest BCUT2D eigenvalue weighted by atomic mass is 9.94.